The number of carbonyl (C=O) groups excluding carboxylic acids is 1. The number of benzene rings is 3. The average molecular weight is 483 g/mol. The summed E-state index contributed by atoms with van der Waals surface area (Å²) in [6.07, 6.45) is 0. The molecule has 0 aliphatic carbocycles. The molecule has 1 aromatic heterocycles. The quantitative estimate of drug-likeness (QED) is 0.398. The summed E-state index contributed by atoms with van der Waals surface area (Å²) >= 11 is 3.31. The standard InChI is InChI=1S/C23H19BrN2O3S/c1-15-7-9-17(10-8-15)23(27)22-21-6-4-3-5-20(21)16(2)26(22)25-30(28,29)19-13-11-18(24)12-14-19/h3-14,25H,1-2H3. The van der Waals surface area contributed by atoms with Crippen LogP contribution in [0.3, 0.4) is 0 Å². The lowest BCUT2D eigenvalue weighted by Gasteiger charge is -2.15. The lowest BCUT2D eigenvalue weighted by molar-refractivity contribution is 0.103. The zero-order valence-corrected chi connectivity index (χ0v) is 18.8. The highest BCUT2D eigenvalue weighted by atomic mass is 79.9. The summed E-state index contributed by atoms with van der Waals surface area (Å²) in [6.45, 7) is 3.74. The van der Waals surface area contributed by atoms with E-state index in [4.69, 9.17) is 0 Å². The van der Waals surface area contributed by atoms with Crippen LogP contribution in [-0.4, -0.2) is 18.9 Å². The topological polar surface area (TPSA) is 68.2 Å². The molecular formula is C23H19BrN2O3S. The smallest absolute Gasteiger partial charge is 0.275 e. The van der Waals surface area contributed by atoms with E-state index >= 15 is 0 Å². The minimum absolute atomic E-state index is 0.108. The summed E-state index contributed by atoms with van der Waals surface area (Å²) in [4.78, 5) is 16.1. The third kappa shape index (κ3) is 3.66. The number of nitrogens with one attached hydrogen (secondary N) is 1. The number of rotatable bonds is 5. The monoisotopic (exact) mass is 482 g/mol. The molecule has 4 aromatic rings. The van der Waals surface area contributed by atoms with E-state index in [-0.39, 0.29) is 16.4 Å². The van der Waals surface area contributed by atoms with Crippen molar-refractivity contribution in [1.82, 2.24) is 4.68 Å². The number of carbonyl (C=O) groups is 1. The van der Waals surface area contributed by atoms with Crippen molar-refractivity contribution >= 4 is 42.5 Å². The molecular weight excluding hydrogens is 464 g/mol. The van der Waals surface area contributed by atoms with Crippen molar-refractivity contribution in [3.63, 3.8) is 0 Å². The molecule has 1 N–H and O–H groups in total. The number of fused-ring (bicyclic) bond motifs is 1. The van der Waals surface area contributed by atoms with E-state index in [1.165, 1.54) is 16.8 Å². The molecule has 1 heterocycles. The summed E-state index contributed by atoms with van der Waals surface area (Å²) in [5.74, 6) is -0.252. The molecule has 30 heavy (non-hydrogen) atoms. The highest BCUT2D eigenvalue weighted by Crippen LogP contribution is 2.28. The van der Waals surface area contributed by atoms with Crippen molar-refractivity contribution in [2.75, 3.05) is 4.83 Å². The molecule has 0 bridgehead atoms. The van der Waals surface area contributed by atoms with Crippen LogP contribution in [0.1, 0.15) is 27.3 Å². The second kappa shape index (κ2) is 7.74. The highest BCUT2D eigenvalue weighted by molar-refractivity contribution is 9.10. The predicted octanol–water partition coefficient (Wildman–Crippen LogP) is 5.18. The lowest BCUT2D eigenvalue weighted by Crippen LogP contribution is -2.27. The van der Waals surface area contributed by atoms with Gasteiger partial charge in [-0.2, -0.15) is 8.42 Å². The van der Waals surface area contributed by atoms with Crippen LogP contribution in [0, 0.1) is 13.8 Å². The van der Waals surface area contributed by atoms with Gasteiger partial charge in [0.2, 0.25) is 5.78 Å². The molecule has 0 aliphatic heterocycles. The van der Waals surface area contributed by atoms with Crippen LogP contribution in [0.2, 0.25) is 0 Å². The minimum Gasteiger partial charge on any atom is -0.287 e. The van der Waals surface area contributed by atoms with Gasteiger partial charge in [-0.15, -0.1) is 0 Å². The number of aryl methyl sites for hydroxylation is 2. The Morgan fingerprint density at radius 2 is 1.47 bits per heavy atom. The van der Waals surface area contributed by atoms with Gasteiger partial charge in [0.1, 0.15) is 5.69 Å². The molecule has 5 nitrogen and oxygen atoms in total. The van der Waals surface area contributed by atoms with Crippen molar-refractivity contribution in [2.45, 2.75) is 18.7 Å². The van der Waals surface area contributed by atoms with Gasteiger partial charge >= 0.3 is 0 Å². The highest BCUT2D eigenvalue weighted by Gasteiger charge is 2.25. The first-order chi connectivity index (χ1) is 14.3. The molecule has 0 spiro atoms. The van der Waals surface area contributed by atoms with Crippen molar-refractivity contribution in [2.24, 2.45) is 0 Å². The molecule has 3 aromatic carbocycles. The van der Waals surface area contributed by atoms with E-state index in [9.17, 15) is 13.2 Å². The first kappa shape index (κ1) is 20.4. The van der Waals surface area contributed by atoms with Crippen molar-refractivity contribution in [3.05, 3.63) is 99.8 Å². The first-order valence-electron chi connectivity index (χ1n) is 9.28. The summed E-state index contributed by atoms with van der Waals surface area (Å²) in [5.41, 5.74) is 2.46. The SMILES string of the molecule is Cc1ccc(C(=O)c2c3ccccc3c(C)n2NS(=O)(=O)c2ccc(Br)cc2)cc1. The Hall–Kier alpha value is -2.90. The van der Waals surface area contributed by atoms with Gasteiger partial charge in [0, 0.05) is 26.5 Å². The number of sulfonamides is 1. The van der Waals surface area contributed by atoms with E-state index < -0.39 is 10.0 Å². The molecule has 7 heteroatoms. The predicted molar refractivity (Wildman–Crippen MR) is 122 cm³/mol. The fourth-order valence-electron chi connectivity index (χ4n) is 3.38. The van der Waals surface area contributed by atoms with Crippen LogP contribution < -0.4 is 4.83 Å². The Balaban J connectivity index is 1.88. The maximum atomic E-state index is 13.4. The van der Waals surface area contributed by atoms with Crippen molar-refractivity contribution in [1.29, 1.82) is 0 Å². The zero-order chi connectivity index (χ0) is 21.5. The summed E-state index contributed by atoms with van der Waals surface area (Å²) in [7, 11) is -3.91. The number of hydrogen-bond donors (Lipinski definition) is 1. The van der Waals surface area contributed by atoms with Crippen LogP contribution in [0.5, 0.6) is 0 Å². The maximum Gasteiger partial charge on any atom is 0.275 e. The molecule has 0 saturated carbocycles. The summed E-state index contributed by atoms with van der Waals surface area (Å²) in [5, 5.41) is 1.51. The molecule has 0 saturated heterocycles. The number of hydrogen-bond acceptors (Lipinski definition) is 3. The normalized spacial score (nSPS) is 11.6. The van der Waals surface area contributed by atoms with E-state index in [1.54, 1.807) is 31.2 Å². The Kier molecular flexibility index (Phi) is 5.26. The molecule has 4 rings (SSSR count). The average Bonchev–Trinajstić information content (AvgIpc) is 3.00. The molecule has 0 atom stereocenters. The number of halogens is 1. The summed E-state index contributed by atoms with van der Waals surface area (Å²) < 4.78 is 28.2. The molecule has 0 unspecified atom stereocenters. The molecule has 152 valence electrons. The van der Waals surface area contributed by atoms with Crippen molar-refractivity contribution < 1.29 is 13.2 Å². The second-order valence-electron chi connectivity index (χ2n) is 7.06. The van der Waals surface area contributed by atoms with E-state index in [2.05, 4.69) is 20.8 Å². The first-order valence-corrected chi connectivity index (χ1v) is 11.6. The van der Waals surface area contributed by atoms with Crippen LogP contribution >= 0.6 is 15.9 Å². The van der Waals surface area contributed by atoms with Gasteiger partial charge in [-0.1, -0.05) is 70.0 Å². The number of aromatic nitrogens is 1. The zero-order valence-electron chi connectivity index (χ0n) is 16.4. The molecule has 0 aliphatic rings. The second-order valence-corrected chi connectivity index (χ2v) is 9.64. The Morgan fingerprint density at radius 1 is 0.867 bits per heavy atom. The van der Waals surface area contributed by atoms with Crippen LogP contribution in [0.15, 0.2) is 82.2 Å². The van der Waals surface area contributed by atoms with E-state index in [1.807, 2.05) is 43.3 Å². The van der Waals surface area contributed by atoms with E-state index in [0.717, 1.165) is 15.4 Å². The Labute approximate surface area is 183 Å². The van der Waals surface area contributed by atoms with Gasteiger partial charge in [0.25, 0.3) is 10.0 Å². The van der Waals surface area contributed by atoms with Gasteiger partial charge in [0.05, 0.1) is 4.90 Å². The van der Waals surface area contributed by atoms with Crippen LogP contribution in [0.25, 0.3) is 10.8 Å². The van der Waals surface area contributed by atoms with Gasteiger partial charge in [-0.05, 0) is 38.1 Å². The Bertz CT molecular complexity index is 1360. The third-order valence-electron chi connectivity index (χ3n) is 5.00. The number of ketones is 1. The largest absolute Gasteiger partial charge is 0.287 e. The van der Waals surface area contributed by atoms with Gasteiger partial charge in [-0.3, -0.25) is 4.79 Å². The van der Waals surface area contributed by atoms with Crippen LogP contribution in [0.4, 0.5) is 0 Å². The fourth-order valence-corrected chi connectivity index (χ4v) is 4.71. The van der Waals surface area contributed by atoms with Crippen molar-refractivity contribution in [3.8, 4) is 0 Å². The maximum absolute atomic E-state index is 13.4. The van der Waals surface area contributed by atoms with Gasteiger partial charge in [-0.25, -0.2) is 9.51 Å². The lowest BCUT2D eigenvalue weighted by atomic mass is 10.0. The number of nitrogens with zero attached hydrogens (tertiary/aromatic N) is 1. The van der Waals surface area contributed by atoms with Gasteiger partial charge < -0.3 is 0 Å². The summed E-state index contributed by atoms with van der Waals surface area (Å²) in [6, 6.07) is 21.0. The van der Waals surface area contributed by atoms with E-state index in [0.29, 0.717) is 16.6 Å². The fraction of sp³-hybridized carbons (Fsp3) is 0.0870. The van der Waals surface area contributed by atoms with Crippen LogP contribution in [-0.2, 0) is 10.0 Å². The Morgan fingerprint density at radius 3 is 2.10 bits per heavy atom. The molecule has 0 radical (unpaired) electrons. The third-order valence-corrected chi connectivity index (χ3v) is 6.84. The minimum atomic E-state index is -3.91. The molecule has 0 fully saturated rings. The van der Waals surface area contributed by atoms with Gasteiger partial charge in [0.15, 0.2) is 0 Å². The molecule has 0 amide bonds.